The largest absolute Gasteiger partial charge is 0.381 e. The van der Waals surface area contributed by atoms with Crippen LogP contribution in [0, 0.1) is 23.7 Å². The lowest BCUT2D eigenvalue weighted by atomic mass is 9.91. The summed E-state index contributed by atoms with van der Waals surface area (Å²) in [6, 6.07) is 0. The monoisotopic (exact) mass is 372 g/mol. The summed E-state index contributed by atoms with van der Waals surface area (Å²) in [5.74, 6) is 2.71. The number of allylic oxidation sites excluding steroid dienone is 6. The second-order valence-electron chi connectivity index (χ2n) is 8.06. The van der Waals surface area contributed by atoms with Gasteiger partial charge in [0.05, 0.1) is 21.7 Å². The third-order valence-electron chi connectivity index (χ3n) is 5.97. The van der Waals surface area contributed by atoms with Crippen molar-refractivity contribution < 1.29 is 9.47 Å². The van der Waals surface area contributed by atoms with Gasteiger partial charge in [-0.15, -0.1) is 0 Å². The number of ether oxygens (including phenoxy) is 2. The molecule has 4 aliphatic carbocycles. The fourth-order valence-electron chi connectivity index (χ4n) is 4.73. The van der Waals surface area contributed by atoms with Crippen LogP contribution in [-0.2, 0) is 9.47 Å². The highest BCUT2D eigenvalue weighted by Crippen LogP contribution is 2.38. The van der Waals surface area contributed by atoms with Crippen molar-refractivity contribution in [2.24, 2.45) is 23.7 Å². The topological polar surface area (TPSA) is 18.5 Å². The number of rotatable bonds is 6. The fraction of sp³-hybridized carbons (Fsp3) is 0.652. The van der Waals surface area contributed by atoms with E-state index in [1.807, 2.05) is 0 Å². The van der Waals surface area contributed by atoms with Crippen LogP contribution in [0.5, 0.6) is 0 Å². The number of hydrogen-bond donors (Lipinski definition) is 0. The van der Waals surface area contributed by atoms with E-state index in [4.69, 9.17) is 9.47 Å². The van der Waals surface area contributed by atoms with Gasteiger partial charge in [-0.2, -0.15) is 0 Å². The Morgan fingerprint density at radius 2 is 1.12 bits per heavy atom. The lowest BCUT2D eigenvalue weighted by Gasteiger charge is -2.23. The standard InChI is InChI=1S/C20H28O2Si.C3H8/c1-3-7-17-15(5-1)9-11-19(17)21-13-23-14-22-20-12-10-16-6-2-4-8-18(16)20;1-3-2/h1-8,15-20H,9-14,23H2;3H2,1-2H3. The van der Waals surface area contributed by atoms with Gasteiger partial charge in [0, 0.05) is 24.3 Å². The summed E-state index contributed by atoms with van der Waals surface area (Å²) < 4.78 is 12.4. The van der Waals surface area contributed by atoms with Crippen molar-refractivity contribution in [1.29, 1.82) is 0 Å². The zero-order valence-corrected chi connectivity index (χ0v) is 18.0. The van der Waals surface area contributed by atoms with Crippen LogP contribution in [0.25, 0.3) is 0 Å². The molecule has 0 radical (unpaired) electrons. The van der Waals surface area contributed by atoms with E-state index < -0.39 is 0 Å². The van der Waals surface area contributed by atoms with E-state index in [1.165, 1.54) is 32.1 Å². The Morgan fingerprint density at radius 1 is 0.692 bits per heavy atom. The summed E-state index contributed by atoms with van der Waals surface area (Å²) in [5, 5.41) is 0. The van der Waals surface area contributed by atoms with Gasteiger partial charge in [-0.25, -0.2) is 0 Å². The summed E-state index contributed by atoms with van der Waals surface area (Å²) in [5.41, 5.74) is 0. The van der Waals surface area contributed by atoms with E-state index in [0.29, 0.717) is 24.0 Å². The molecule has 0 spiro atoms. The molecule has 3 heteroatoms. The van der Waals surface area contributed by atoms with Crippen LogP contribution < -0.4 is 0 Å². The van der Waals surface area contributed by atoms with Crippen molar-refractivity contribution in [2.75, 3.05) is 12.5 Å². The van der Waals surface area contributed by atoms with Crippen molar-refractivity contribution >= 4 is 9.52 Å². The van der Waals surface area contributed by atoms with Gasteiger partial charge in [0.1, 0.15) is 0 Å². The Hall–Kier alpha value is -0.903. The van der Waals surface area contributed by atoms with E-state index in [9.17, 15) is 0 Å². The third-order valence-corrected chi connectivity index (χ3v) is 7.02. The van der Waals surface area contributed by atoms with Crippen molar-refractivity contribution in [1.82, 2.24) is 0 Å². The van der Waals surface area contributed by atoms with Gasteiger partial charge >= 0.3 is 0 Å². The smallest absolute Gasteiger partial charge is 0.0822 e. The van der Waals surface area contributed by atoms with Crippen LogP contribution in [0.15, 0.2) is 48.6 Å². The average molecular weight is 373 g/mol. The Kier molecular flexibility index (Phi) is 7.97. The van der Waals surface area contributed by atoms with E-state index >= 15 is 0 Å². The lowest BCUT2D eigenvalue weighted by Crippen LogP contribution is -2.27. The summed E-state index contributed by atoms with van der Waals surface area (Å²) in [4.78, 5) is 0. The molecule has 4 aliphatic rings. The van der Waals surface area contributed by atoms with Gasteiger partial charge in [0.25, 0.3) is 0 Å². The first kappa shape index (κ1) is 19.8. The van der Waals surface area contributed by atoms with Crippen LogP contribution in [-0.4, -0.2) is 34.2 Å². The first-order chi connectivity index (χ1) is 12.8. The van der Waals surface area contributed by atoms with Crippen molar-refractivity contribution in [3.05, 3.63) is 48.6 Å². The second kappa shape index (κ2) is 10.4. The predicted molar refractivity (Wildman–Crippen MR) is 113 cm³/mol. The van der Waals surface area contributed by atoms with Gasteiger partial charge < -0.3 is 9.47 Å². The SMILES string of the molecule is C1=CC2CCC(OC[SiH2]COC3CCC4C=CC=CC43)C2C=C1.CCC. The molecule has 4 rings (SSSR count). The van der Waals surface area contributed by atoms with Gasteiger partial charge in [-0.05, 0) is 37.5 Å². The minimum atomic E-state index is -0.256. The van der Waals surface area contributed by atoms with Crippen molar-refractivity contribution in [2.45, 2.75) is 58.2 Å². The van der Waals surface area contributed by atoms with E-state index in [1.54, 1.807) is 0 Å². The third kappa shape index (κ3) is 5.08. The maximum absolute atomic E-state index is 6.22. The summed E-state index contributed by atoms with van der Waals surface area (Å²) in [6.45, 7) is 4.25. The molecule has 0 saturated heterocycles. The molecule has 0 aromatic carbocycles. The minimum absolute atomic E-state index is 0.256. The highest BCUT2D eigenvalue weighted by molar-refractivity contribution is 6.34. The van der Waals surface area contributed by atoms with Gasteiger partial charge in [0.15, 0.2) is 0 Å². The fourth-order valence-corrected chi connectivity index (χ4v) is 5.79. The molecular formula is C23H36O2Si. The zero-order chi connectivity index (χ0) is 18.2. The Morgan fingerprint density at radius 3 is 1.58 bits per heavy atom. The van der Waals surface area contributed by atoms with Crippen LogP contribution in [0.3, 0.4) is 0 Å². The molecule has 26 heavy (non-hydrogen) atoms. The lowest BCUT2D eigenvalue weighted by molar-refractivity contribution is 0.0508. The summed E-state index contributed by atoms with van der Waals surface area (Å²) in [6.07, 6.45) is 27.3. The summed E-state index contributed by atoms with van der Waals surface area (Å²) in [7, 11) is -0.256. The number of fused-ring (bicyclic) bond motifs is 2. The second-order valence-corrected chi connectivity index (χ2v) is 9.58. The Bertz CT molecular complexity index is 490. The molecule has 2 saturated carbocycles. The van der Waals surface area contributed by atoms with Crippen molar-refractivity contribution in [3.63, 3.8) is 0 Å². The molecule has 0 aliphatic heterocycles. The highest BCUT2D eigenvalue weighted by atomic mass is 28.2. The average Bonchev–Trinajstić information content (AvgIpc) is 3.27. The Labute approximate surface area is 162 Å². The first-order valence-corrected chi connectivity index (χ1v) is 12.8. The van der Waals surface area contributed by atoms with E-state index in [0.717, 1.165) is 24.3 Å². The number of hydrogen-bond acceptors (Lipinski definition) is 2. The zero-order valence-electron chi connectivity index (χ0n) is 16.6. The maximum Gasteiger partial charge on any atom is 0.0822 e. The molecule has 6 atom stereocenters. The van der Waals surface area contributed by atoms with Gasteiger partial charge in [-0.1, -0.05) is 68.9 Å². The molecule has 0 aromatic heterocycles. The molecule has 0 bridgehead atoms. The van der Waals surface area contributed by atoms with Crippen LogP contribution in [0.4, 0.5) is 0 Å². The maximum atomic E-state index is 6.22. The van der Waals surface area contributed by atoms with Crippen LogP contribution >= 0.6 is 0 Å². The van der Waals surface area contributed by atoms with Gasteiger partial charge in [-0.3, -0.25) is 0 Å². The molecule has 0 N–H and O–H groups in total. The molecule has 2 nitrogen and oxygen atoms in total. The van der Waals surface area contributed by atoms with Crippen LogP contribution in [0.2, 0.25) is 0 Å². The molecule has 144 valence electrons. The molecule has 0 aromatic rings. The first-order valence-electron chi connectivity index (χ1n) is 10.8. The van der Waals surface area contributed by atoms with E-state index in [-0.39, 0.29) is 9.52 Å². The minimum Gasteiger partial charge on any atom is -0.381 e. The molecule has 0 amide bonds. The van der Waals surface area contributed by atoms with Crippen molar-refractivity contribution in [3.8, 4) is 0 Å². The molecular weight excluding hydrogens is 336 g/mol. The normalized spacial score (nSPS) is 37.0. The Balaban J connectivity index is 0.000000613. The predicted octanol–water partition coefficient (Wildman–Crippen LogP) is 4.56. The van der Waals surface area contributed by atoms with Crippen LogP contribution in [0.1, 0.15) is 46.0 Å². The quantitative estimate of drug-likeness (QED) is 0.502. The molecule has 6 unspecified atom stereocenters. The molecule has 2 fully saturated rings. The highest BCUT2D eigenvalue weighted by Gasteiger charge is 2.35. The molecule has 0 heterocycles. The van der Waals surface area contributed by atoms with Gasteiger partial charge in [0.2, 0.25) is 0 Å². The summed E-state index contributed by atoms with van der Waals surface area (Å²) >= 11 is 0. The van der Waals surface area contributed by atoms with E-state index in [2.05, 4.69) is 62.5 Å².